The van der Waals surface area contributed by atoms with Crippen molar-refractivity contribution in [1.29, 1.82) is 0 Å². The van der Waals surface area contributed by atoms with Crippen LogP contribution in [-0.2, 0) is 4.79 Å². The molecule has 0 spiro atoms. The zero-order valence-electron chi connectivity index (χ0n) is 17.3. The predicted octanol–water partition coefficient (Wildman–Crippen LogP) is 3.53. The monoisotopic (exact) mass is 413 g/mol. The Morgan fingerprint density at radius 3 is 2.52 bits per heavy atom. The molecule has 0 radical (unpaired) electrons. The van der Waals surface area contributed by atoms with Crippen molar-refractivity contribution in [1.82, 2.24) is 10.2 Å². The molecule has 7 heteroatoms. The first-order valence-corrected chi connectivity index (χ1v) is 9.91. The van der Waals surface area contributed by atoms with Crippen LogP contribution in [0.4, 0.5) is 5.69 Å². The number of carbonyl (C=O) groups excluding carboxylic acids is 1. The van der Waals surface area contributed by atoms with Gasteiger partial charge in [0.15, 0.2) is 12.6 Å². The first kappa shape index (κ1) is 21.0. The number of aromatic nitrogens is 2. The molecule has 2 atom stereocenters. The average molecular weight is 414 g/mol. The smallest absolute Gasteiger partial charge is 0.279 e. The molecule has 1 amide bonds. The topological polar surface area (TPSA) is 72.5 Å². The number of benzene rings is 2. The van der Waals surface area contributed by atoms with Gasteiger partial charge in [-0.2, -0.15) is 0 Å². The van der Waals surface area contributed by atoms with E-state index in [4.69, 9.17) is 16.0 Å². The molecule has 0 bridgehead atoms. The zero-order valence-corrected chi connectivity index (χ0v) is 18.1. The first-order valence-electron chi connectivity index (χ1n) is 9.54. The van der Waals surface area contributed by atoms with Crippen molar-refractivity contribution in [2.24, 2.45) is 0 Å². The van der Waals surface area contributed by atoms with E-state index in [2.05, 4.69) is 27.6 Å². The van der Waals surface area contributed by atoms with E-state index in [0.717, 1.165) is 27.3 Å². The number of hydrogen-bond donors (Lipinski definition) is 2. The van der Waals surface area contributed by atoms with Crippen molar-refractivity contribution in [2.45, 2.75) is 33.7 Å². The van der Waals surface area contributed by atoms with Crippen molar-refractivity contribution < 1.29 is 14.1 Å². The number of quaternary nitrogens is 1. The van der Waals surface area contributed by atoms with Crippen LogP contribution in [0.2, 0.25) is 5.02 Å². The second-order valence-corrected chi connectivity index (χ2v) is 7.96. The van der Waals surface area contributed by atoms with E-state index in [1.54, 1.807) is 12.1 Å². The Hall–Kier alpha value is -2.70. The SMILES string of the molecule is Cc1cc(C)c(NC(=O)C[NH+](C)[C@H](C)c2nnc(-c3cccc(Cl)c3)o2)c(C)c1. The molecule has 1 aromatic heterocycles. The fraction of sp³-hybridized carbons (Fsp3) is 0.318. The van der Waals surface area contributed by atoms with Gasteiger partial charge in [-0.25, -0.2) is 0 Å². The summed E-state index contributed by atoms with van der Waals surface area (Å²) in [6.07, 6.45) is 0. The summed E-state index contributed by atoms with van der Waals surface area (Å²) in [4.78, 5) is 13.5. The van der Waals surface area contributed by atoms with Gasteiger partial charge in [0.25, 0.3) is 11.8 Å². The summed E-state index contributed by atoms with van der Waals surface area (Å²) < 4.78 is 5.83. The summed E-state index contributed by atoms with van der Waals surface area (Å²) in [5, 5.41) is 11.9. The van der Waals surface area contributed by atoms with Crippen molar-refractivity contribution in [3.63, 3.8) is 0 Å². The van der Waals surface area contributed by atoms with Crippen molar-refractivity contribution in [3.05, 3.63) is 64.0 Å². The van der Waals surface area contributed by atoms with Crippen molar-refractivity contribution >= 4 is 23.2 Å². The molecule has 3 aromatic rings. The molecule has 1 unspecified atom stereocenters. The lowest BCUT2D eigenvalue weighted by atomic mass is 10.1. The van der Waals surface area contributed by atoms with Gasteiger partial charge in [-0.3, -0.25) is 4.79 Å². The highest BCUT2D eigenvalue weighted by atomic mass is 35.5. The summed E-state index contributed by atoms with van der Waals surface area (Å²) in [7, 11) is 1.93. The number of anilines is 1. The largest absolute Gasteiger partial charge is 0.415 e. The third kappa shape index (κ3) is 5.02. The maximum atomic E-state index is 12.6. The van der Waals surface area contributed by atoms with E-state index >= 15 is 0 Å². The first-order chi connectivity index (χ1) is 13.7. The molecule has 152 valence electrons. The average Bonchev–Trinajstić information content (AvgIpc) is 3.14. The minimum absolute atomic E-state index is 0.0565. The Morgan fingerprint density at radius 2 is 1.86 bits per heavy atom. The lowest BCUT2D eigenvalue weighted by molar-refractivity contribution is -0.903. The fourth-order valence-electron chi connectivity index (χ4n) is 3.33. The highest BCUT2D eigenvalue weighted by molar-refractivity contribution is 6.30. The van der Waals surface area contributed by atoms with Crippen LogP contribution in [0.3, 0.4) is 0 Å². The van der Waals surface area contributed by atoms with Gasteiger partial charge in [0.2, 0.25) is 5.89 Å². The second kappa shape index (κ2) is 8.76. The van der Waals surface area contributed by atoms with Crippen LogP contribution in [0.5, 0.6) is 0 Å². The summed E-state index contributed by atoms with van der Waals surface area (Å²) in [5.41, 5.74) is 4.95. The van der Waals surface area contributed by atoms with Crippen LogP contribution in [-0.4, -0.2) is 29.7 Å². The van der Waals surface area contributed by atoms with Crippen molar-refractivity contribution in [2.75, 3.05) is 18.9 Å². The quantitative estimate of drug-likeness (QED) is 0.648. The number of halogens is 1. The highest BCUT2D eigenvalue weighted by Crippen LogP contribution is 2.23. The van der Waals surface area contributed by atoms with Crippen LogP contribution < -0.4 is 10.2 Å². The van der Waals surface area contributed by atoms with Crippen LogP contribution in [0.25, 0.3) is 11.5 Å². The van der Waals surface area contributed by atoms with Crippen LogP contribution >= 0.6 is 11.6 Å². The normalized spacial score (nSPS) is 13.2. The van der Waals surface area contributed by atoms with Gasteiger partial charge in [-0.15, -0.1) is 10.2 Å². The maximum absolute atomic E-state index is 12.6. The van der Waals surface area contributed by atoms with Crippen molar-refractivity contribution in [3.8, 4) is 11.5 Å². The van der Waals surface area contributed by atoms with E-state index < -0.39 is 0 Å². The summed E-state index contributed by atoms with van der Waals surface area (Å²) in [6.45, 7) is 8.30. The maximum Gasteiger partial charge on any atom is 0.279 e. The van der Waals surface area contributed by atoms with Crippen LogP contribution in [0, 0.1) is 20.8 Å². The fourth-order valence-corrected chi connectivity index (χ4v) is 3.52. The standard InChI is InChI=1S/C22H25ClN4O2/c1-13-9-14(2)20(15(3)10-13)24-19(28)12-27(5)16(4)21-25-26-22(29-21)17-7-6-8-18(23)11-17/h6-11,16H,12H2,1-5H3,(H,24,28)/p+1/t16-/m1/s1. The van der Waals surface area contributed by atoms with E-state index in [1.807, 2.05) is 46.9 Å². The summed E-state index contributed by atoms with van der Waals surface area (Å²) in [5.74, 6) is 0.837. The summed E-state index contributed by atoms with van der Waals surface area (Å²) >= 11 is 6.03. The number of likely N-dealkylation sites (N-methyl/N-ethyl adjacent to an activating group) is 1. The van der Waals surface area contributed by atoms with Crippen LogP contribution in [0.1, 0.15) is 35.5 Å². The third-order valence-electron chi connectivity index (χ3n) is 5.00. The van der Waals surface area contributed by atoms with Gasteiger partial charge >= 0.3 is 0 Å². The van der Waals surface area contributed by atoms with Gasteiger partial charge in [0.1, 0.15) is 0 Å². The Morgan fingerprint density at radius 1 is 1.17 bits per heavy atom. The second-order valence-electron chi connectivity index (χ2n) is 7.52. The third-order valence-corrected chi connectivity index (χ3v) is 5.24. The molecular weight excluding hydrogens is 388 g/mol. The number of amides is 1. The van der Waals surface area contributed by atoms with E-state index in [1.165, 1.54) is 5.56 Å². The lowest BCUT2D eigenvalue weighted by Gasteiger charge is -2.19. The van der Waals surface area contributed by atoms with Gasteiger partial charge in [0.05, 0.1) is 7.05 Å². The predicted molar refractivity (Wildman–Crippen MR) is 114 cm³/mol. The van der Waals surface area contributed by atoms with Gasteiger partial charge < -0.3 is 14.6 Å². The molecule has 6 nitrogen and oxygen atoms in total. The van der Waals surface area contributed by atoms with E-state index in [-0.39, 0.29) is 18.5 Å². The number of hydrogen-bond acceptors (Lipinski definition) is 4. The molecule has 1 heterocycles. The Balaban J connectivity index is 1.66. The number of nitrogens with one attached hydrogen (secondary N) is 2. The molecule has 0 fully saturated rings. The minimum atomic E-state index is -0.138. The molecule has 2 N–H and O–H groups in total. The van der Waals surface area contributed by atoms with Gasteiger partial charge in [0, 0.05) is 16.3 Å². The minimum Gasteiger partial charge on any atom is -0.415 e. The highest BCUT2D eigenvalue weighted by Gasteiger charge is 2.25. The van der Waals surface area contributed by atoms with Gasteiger partial charge in [-0.1, -0.05) is 35.4 Å². The number of aryl methyl sites for hydroxylation is 3. The van der Waals surface area contributed by atoms with Crippen LogP contribution in [0.15, 0.2) is 40.8 Å². The lowest BCUT2D eigenvalue weighted by Crippen LogP contribution is -3.10. The summed E-state index contributed by atoms with van der Waals surface area (Å²) in [6, 6.07) is 11.3. The molecule has 0 aliphatic heterocycles. The zero-order chi connectivity index (χ0) is 21.1. The molecule has 0 saturated carbocycles. The van der Waals surface area contributed by atoms with E-state index in [0.29, 0.717) is 16.8 Å². The molecule has 0 aliphatic rings. The Labute approximate surface area is 175 Å². The Kier molecular flexibility index (Phi) is 6.35. The molecule has 0 saturated heterocycles. The number of carbonyl (C=O) groups is 1. The molecular formula is C22H26ClN4O2+. The molecule has 0 aliphatic carbocycles. The molecule has 3 rings (SSSR count). The van der Waals surface area contributed by atoms with Gasteiger partial charge in [-0.05, 0) is 57.0 Å². The number of nitrogens with zero attached hydrogens (tertiary/aromatic N) is 2. The molecule has 2 aromatic carbocycles. The number of rotatable bonds is 6. The Bertz CT molecular complexity index is 1010. The molecule has 29 heavy (non-hydrogen) atoms. The van der Waals surface area contributed by atoms with E-state index in [9.17, 15) is 4.79 Å².